The molecule has 128 valence electrons. The van der Waals surface area contributed by atoms with Gasteiger partial charge in [0, 0.05) is 17.1 Å². The van der Waals surface area contributed by atoms with Gasteiger partial charge in [-0.1, -0.05) is 24.6 Å². The molecule has 25 heavy (non-hydrogen) atoms. The van der Waals surface area contributed by atoms with Crippen LogP contribution < -0.4 is 0 Å². The summed E-state index contributed by atoms with van der Waals surface area (Å²) in [4.78, 5) is 18.2. The highest BCUT2D eigenvalue weighted by Gasteiger charge is 2.35. The van der Waals surface area contributed by atoms with E-state index in [2.05, 4.69) is 27.4 Å². The zero-order chi connectivity index (χ0) is 17.2. The van der Waals surface area contributed by atoms with Crippen molar-refractivity contribution in [2.24, 2.45) is 0 Å². The van der Waals surface area contributed by atoms with Crippen molar-refractivity contribution < 1.29 is 9.90 Å². The molecule has 1 fully saturated rings. The number of aromatic nitrogens is 1. The standard InChI is InChI=1S/C20H20N2O2S/c23-20(24)17-6-3-4-12-22(17)19(14-8-10-21-11-9-14)16-13-25-18-7-2-1-5-15(16)18/h1-2,5,7-11,13,17,19H,3-4,6,12H2,(H,23,24). The fourth-order valence-electron chi connectivity index (χ4n) is 3.83. The fourth-order valence-corrected chi connectivity index (χ4v) is 4.81. The molecule has 1 aromatic carbocycles. The number of rotatable bonds is 4. The van der Waals surface area contributed by atoms with E-state index in [1.165, 1.54) is 15.6 Å². The van der Waals surface area contributed by atoms with Crippen LogP contribution in [-0.4, -0.2) is 33.5 Å². The average molecular weight is 352 g/mol. The van der Waals surface area contributed by atoms with Crippen LogP contribution in [0.15, 0.2) is 54.2 Å². The number of piperidine rings is 1. The van der Waals surface area contributed by atoms with Gasteiger partial charge in [0.2, 0.25) is 0 Å². The highest BCUT2D eigenvalue weighted by Crippen LogP contribution is 2.39. The van der Waals surface area contributed by atoms with Gasteiger partial charge in [0.15, 0.2) is 0 Å². The molecule has 0 spiro atoms. The molecule has 1 aliphatic heterocycles. The number of aliphatic carboxylic acids is 1. The molecule has 0 amide bonds. The highest BCUT2D eigenvalue weighted by molar-refractivity contribution is 7.17. The summed E-state index contributed by atoms with van der Waals surface area (Å²) in [5, 5.41) is 13.2. The lowest BCUT2D eigenvalue weighted by Gasteiger charge is -2.39. The smallest absolute Gasteiger partial charge is 0.320 e. The molecule has 0 bridgehead atoms. The Morgan fingerprint density at radius 3 is 2.80 bits per heavy atom. The number of fused-ring (bicyclic) bond motifs is 1. The van der Waals surface area contributed by atoms with Gasteiger partial charge in [-0.3, -0.25) is 14.7 Å². The topological polar surface area (TPSA) is 53.4 Å². The van der Waals surface area contributed by atoms with Gasteiger partial charge < -0.3 is 5.11 Å². The molecule has 4 nitrogen and oxygen atoms in total. The fraction of sp³-hybridized carbons (Fsp3) is 0.300. The maximum Gasteiger partial charge on any atom is 0.320 e. The minimum atomic E-state index is -0.724. The maximum absolute atomic E-state index is 11.9. The lowest BCUT2D eigenvalue weighted by Crippen LogP contribution is -2.46. The third kappa shape index (κ3) is 3.05. The van der Waals surface area contributed by atoms with Gasteiger partial charge in [0.05, 0.1) is 6.04 Å². The van der Waals surface area contributed by atoms with E-state index in [1.54, 1.807) is 23.7 Å². The minimum absolute atomic E-state index is 0.0550. The van der Waals surface area contributed by atoms with Crippen LogP contribution in [0.1, 0.15) is 36.4 Å². The number of carboxylic acids is 1. The summed E-state index contributed by atoms with van der Waals surface area (Å²) in [6.07, 6.45) is 6.29. The molecular weight excluding hydrogens is 332 g/mol. The first-order valence-electron chi connectivity index (χ1n) is 8.60. The number of carboxylic acid groups (broad SMARTS) is 1. The summed E-state index contributed by atoms with van der Waals surface area (Å²) in [5.74, 6) is -0.724. The van der Waals surface area contributed by atoms with E-state index in [0.717, 1.165) is 24.9 Å². The molecule has 3 heterocycles. The Balaban J connectivity index is 1.86. The normalized spacial score (nSPS) is 19.8. The monoisotopic (exact) mass is 352 g/mol. The Morgan fingerprint density at radius 2 is 2.00 bits per heavy atom. The van der Waals surface area contributed by atoms with E-state index in [0.29, 0.717) is 6.42 Å². The lowest BCUT2D eigenvalue weighted by molar-refractivity contribution is -0.145. The largest absolute Gasteiger partial charge is 0.480 e. The Kier molecular flexibility index (Phi) is 4.51. The number of likely N-dealkylation sites (tertiary alicyclic amines) is 1. The number of nitrogens with zero attached hydrogens (tertiary/aromatic N) is 2. The molecule has 1 saturated heterocycles. The number of thiophene rings is 1. The van der Waals surface area contributed by atoms with Gasteiger partial charge in [0.25, 0.3) is 0 Å². The lowest BCUT2D eigenvalue weighted by atomic mass is 9.92. The Labute approximate surface area is 150 Å². The van der Waals surface area contributed by atoms with Crippen LogP contribution in [0, 0.1) is 0 Å². The third-order valence-electron chi connectivity index (χ3n) is 4.99. The number of carbonyl (C=O) groups is 1. The molecule has 2 aromatic heterocycles. The second-order valence-electron chi connectivity index (χ2n) is 6.46. The first-order valence-corrected chi connectivity index (χ1v) is 9.48. The van der Waals surface area contributed by atoms with Gasteiger partial charge in [-0.15, -0.1) is 11.3 Å². The SMILES string of the molecule is O=C(O)C1CCCCN1C(c1ccncc1)c1csc2ccccc12. The Hall–Kier alpha value is -2.24. The quantitative estimate of drug-likeness (QED) is 0.759. The van der Waals surface area contributed by atoms with Gasteiger partial charge in [0.1, 0.15) is 6.04 Å². The number of pyridine rings is 1. The molecule has 0 aliphatic carbocycles. The molecule has 3 aromatic rings. The highest BCUT2D eigenvalue weighted by atomic mass is 32.1. The van der Waals surface area contributed by atoms with Crippen LogP contribution in [0.5, 0.6) is 0 Å². The third-order valence-corrected chi connectivity index (χ3v) is 5.97. The first-order chi connectivity index (χ1) is 12.3. The van der Waals surface area contributed by atoms with E-state index in [9.17, 15) is 9.90 Å². The molecule has 4 rings (SSSR count). The summed E-state index contributed by atoms with van der Waals surface area (Å²) in [5.41, 5.74) is 2.30. The van der Waals surface area contributed by atoms with Crippen LogP contribution in [0.25, 0.3) is 10.1 Å². The van der Waals surface area contributed by atoms with Crippen molar-refractivity contribution in [1.29, 1.82) is 0 Å². The molecule has 1 aliphatic rings. The molecule has 1 N–H and O–H groups in total. The predicted octanol–water partition coefficient (Wildman–Crippen LogP) is 4.32. The van der Waals surface area contributed by atoms with Crippen LogP contribution in [-0.2, 0) is 4.79 Å². The molecule has 2 unspecified atom stereocenters. The Bertz CT molecular complexity index is 878. The summed E-state index contributed by atoms with van der Waals surface area (Å²) in [7, 11) is 0. The summed E-state index contributed by atoms with van der Waals surface area (Å²) in [6.45, 7) is 0.800. The van der Waals surface area contributed by atoms with E-state index in [-0.39, 0.29) is 6.04 Å². The first kappa shape index (κ1) is 16.2. The Morgan fingerprint density at radius 1 is 1.20 bits per heavy atom. The van der Waals surface area contributed by atoms with Crippen LogP contribution in [0.4, 0.5) is 0 Å². The van der Waals surface area contributed by atoms with E-state index < -0.39 is 12.0 Å². The zero-order valence-electron chi connectivity index (χ0n) is 13.8. The van der Waals surface area contributed by atoms with Crippen molar-refractivity contribution in [1.82, 2.24) is 9.88 Å². The number of hydrogen-bond donors (Lipinski definition) is 1. The van der Waals surface area contributed by atoms with Crippen molar-refractivity contribution in [3.8, 4) is 0 Å². The molecule has 0 saturated carbocycles. The van der Waals surface area contributed by atoms with E-state index in [1.807, 2.05) is 24.3 Å². The van der Waals surface area contributed by atoms with Crippen molar-refractivity contribution >= 4 is 27.4 Å². The second kappa shape index (κ2) is 6.94. The molecule has 5 heteroatoms. The van der Waals surface area contributed by atoms with Gasteiger partial charge in [-0.2, -0.15) is 0 Å². The summed E-state index contributed by atoms with van der Waals surface area (Å²) in [6, 6.07) is 11.9. The molecule has 2 atom stereocenters. The number of benzene rings is 1. The molecule has 0 radical (unpaired) electrons. The van der Waals surface area contributed by atoms with Crippen LogP contribution >= 0.6 is 11.3 Å². The minimum Gasteiger partial charge on any atom is -0.480 e. The summed E-state index contributed by atoms with van der Waals surface area (Å²) < 4.78 is 1.24. The van der Waals surface area contributed by atoms with Gasteiger partial charge >= 0.3 is 5.97 Å². The zero-order valence-corrected chi connectivity index (χ0v) is 14.7. The predicted molar refractivity (Wildman–Crippen MR) is 99.9 cm³/mol. The van der Waals surface area contributed by atoms with Crippen molar-refractivity contribution in [3.05, 3.63) is 65.3 Å². The van der Waals surface area contributed by atoms with Crippen LogP contribution in [0.3, 0.4) is 0 Å². The second-order valence-corrected chi connectivity index (χ2v) is 7.37. The van der Waals surface area contributed by atoms with Crippen molar-refractivity contribution in [3.63, 3.8) is 0 Å². The van der Waals surface area contributed by atoms with Gasteiger partial charge in [-0.05, 0) is 59.5 Å². The van der Waals surface area contributed by atoms with Crippen LogP contribution in [0.2, 0.25) is 0 Å². The average Bonchev–Trinajstić information content (AvgIpc) is 3.07. The number of hydrogen-bond acceptors (Lipinski definition) is 4. The van der Waals surface area contributed by atoms with Crippen molar-refractivity contribution in [2.75, 3.05) is 6.54 Å². The molecular formula is C20H20N2O2S. The van der Waals surface area contributed by atoms with E-state index >= 15 is 0 Å². The van der Waals surface area contributed by atoms with E-state index in [4.69, 9.17) is 0 Å². The van der Waals surface area contributed by atoms with Gasteiger partial charge in [-0.25, -0.2) is 0 Å². The van der Waals surface area contributed by atoms with Crippen molar-refractivity contribution in [2.45, 2.75) is 31.3 Å². The maximum atomic E-state index is 11.9. The summed E-state index contributed by atoms with van der Waals surface area (Å²) >= 11 is 1.72.